The third-order valence-electron chi connectivity index (χ3n) is 5.83. The predicted octanol–water partition coefficient (Wildman–Crippen LogP) is 1.82. The largest absolute Gasteiger partial charge is 0.573 e. The second-order valence-corrected chi connectivity index (χ2v) is 7.90. The number of hydrogen-bond donors (Lipinski definition) is 0. The van der Waals surface area contributed by atoms with Gasteiger partial charge in [0.05, 0.1) is 25.3 Å². The van der Waals surface area contributed by atoms with E-state index in [1.54, 1.807) is 0 Å². The molecule has 9 heteroatoms. The van der Waals surface area contributed by atoms with Crippen LogP contribution in [0.15, 0.2) is 24.3 Å². The number of amides is 1. The van der Waals surface area contributed by atoms with Gasteiger partial charge in [0.25, 0.3) is 5.91 Å². The molecule has 154 valence electrons. The molecular formula is C19H24F3N3O3. The fourth-order valence-corrected chi connectivity index (χ4v) is 4.28. The maximum Gasteiger partial charge on any atom is 0.573 e. The van der Waals surface area contributed by atoms with Crippen molar-refractivity contribution in [3.8, 4) is 5.75 Å². The topological polar surface area (TPSA) is 45.2 Å². The van der Waals surface area contributed by atoms with E-state index in [-0.39, 0.29) is 11.2 Å². The summed E-state index contributed by atoms with van der Waals surface area (Å²) in [6.45, 7) is 5.51. The first-order valence-corrected chi connectivity index (χ1v) is 9.45. The summed E-state index contributed by atoms with van der Waals surface area (Å²) in [6.07, 6.45) is -3.99. The molecule has 0 radical (unpaired) electrons. The molecule has 0 aromatic heterocycles. The highest BCUT2D eigenvalue weighted by Gasteiger charge is 2.52. The number of hydrogen-bond acceptors (Lipinski definition) is 5. The molecule has 0 N–H and O–H groups in total. The van der Waals surface area contributed by atoms with Gasteiger partial charge in [0.15, 0.2) is 0 Å². The van der Waals surface area contributed by atoms with Crippen LogP contribution < -0.4 is 4.74 Å². The highest BCUT2D eigenvalue weighted by atomic mass is 19.4. The van der Waals surface area contributed by atoms with Crippen molar-refractivity contribution in [1.29, 1.82) is 0 Å². The van der Waals surface area contributed by atoms with E-state index < -0.39 is 18.0 Å². The third kappa shape index (κ3) is 3.97. The van der Waals surface area contributed by atoms with Crippen molar-refractivity contribution in [1.82, 2.24) is 14.7 Å². The van der Waals surface area contributed by atoms with Crippen LogP contribution in [0.3, 0.4) is 0 Å². The number of halogens is 3. The van der Waals surface area contributed by atoms with E-state index >= 15 is 0 Å². The predicted molar refractivity (Wildman–Crippen MR) is 95.2 cm³/mol. The standard InChI is InChI=1S/C19H24F3N3O3/c1-23-6-8-24(9-7-23)14-10-18(27-11-14)12-25(13-18)17(26)15-4-2-3-5-16(15)28-19(20,21)22/h2-5,14H,6-13H2,1H3. The second kappa shape index (κ2) is 7.20. The van der Waals surface area contributed by atoms with Crippen molar-refractivity contribution >= 4 is 5.91 Å². The summed E-state index contributed by atoms with van der Waals surface area (Å²) in [6, 6.07) is 5.80. The van der Waals surface area contributed by atoms with Crippen LogP contribution in [0.25, 0.3) is 0 Å². The van der Waals surface area contributed by atoms with E-state index in [0.29, 0.717) is 25.7 Å². The third-order valence-corrected chi connectivity index (χ3v) is 5.83. The Kier molecular flexibility index (Phi) is 5.01. The van der Waals surface area contributed by atoms with Crippen LogP contribution in [0, 0.1) is 0 Å². The van der Waals surface area contributed by atoms with Crippen LogP contribution in [-0.4, -0.2) is 91.5 Å². The second-order valence-electron chi connectivity index (χ2n) is 7.90. The molecule has 3 fully saturated rings. The summed E-state index contributed by atoms with van der Waals surface area (Å²) in [4.78, 5) is 19.0. The summed E-state index contributed by atoms with van der Waals surface area (Å²) < 4.78 is 47.8. The van der Waals surface area contributed by atoms with Gasteiger partial charge in [0, 0.05) is 32.2 Å². The number of nitrogens with zero attached hydrogens (tertiary/aromatic N) is 3. The molecule has 1 aromatic carbocycles. The zero-order chi connectivity index (χ0) is 19.9. The van der Waals surface area contributed by atoms with E-state index in [1.165, 1.54) is 23.1 Å². The molecule has 1 unspecified atom stereocenters. The molecule has 3 saturated heterocycles. The minimum Gasteiger partial charge on any atom is -0.405 e. The highest BCUT2D eigenvalue weighted by molar-refractivity contribution is 5.97. The van der Waals surface area contributed by atoms with Crippen molar-refractivity contribution < 1.29 is 27.4 Å². The van der Waals surface area contributed by atoms with Crippen molar-refractivity contribution in [3.05, 3.63) is 29.8 Å². The average molecular weight is 399 g/mol. The SMILES string of the molecule is CN1CCN(C2COC3(C2)CN(C(=O)c2ccccc2OC(F)(F)F)C3)CC1. The van der Waals surface area contributed by atoms with Crippen molar-refractivity contribution in [3.63, 3.8) is 0 Å². The normalized spacial score (nSPS) is 25.7. The maximum atomic E-state index is 12.7. The average Bonchev–Trinajstić information content (AvgIpc) is 3.05. The van der Waals surface area contributed by atoms with Gasteiger partial charge < -0.3 is 19.3 Å². The van der Waals surface area contributed by atoms with Crippen molar-refractivity contribution in [2.45, 2.75) is 24.4 Å². The molecule has 1 atom stereocenters. The lowest BCUT2D eigenvalue weighted by molar-refractivity contribution is -0.274. The first-order valence-electron chi connectivity index (χ1n) is 9.45. The maximum absolute atomic E-state index is 12.7. The van der Waals surface area contributed by atoms with E-state index in [9.17, 15) is 18.0 Å². The number of carbonyl (C=O) groups is 1. The number of ether oxygens (including phenoxy) is 2. The molecule has 4 rings (SSSR count). The number of likely N-dealkylation sites (N-methyl/N-ethyl adjacent to an activating group) is 1. The molecule has 1 spiro atoms. The van der Waals surface area contributed by atoms with Crippen LogP contribution in [0.1, 0.15) is 16.8 Å². The fourth-order valence-electron chi connectivity index (χ4n) is 4.28. The molecule has 28 heavy (non-hydrogen) atoms. The highest BCUT2D eigenvalue weighted by Crippen LogP contribution is 2.38. The van der Waals surface area contributed by atoms with Crippen molar-refractivity contribution in [2.75, 3.05) is 52.9 Å². The molecule has 3 aliphatic heterocycles. The summed E-state index contributed by atoms with van der Waals surface area (Å²) in [5.74, 6) is -0.930. The quantitative estimate of drug-likeness (QED) is 0.776. The van der Waals surface area contributed by atoms with Crippen LogP contribution in [0.4, 0.5) is 13.2 Å². The molecule has 1 amide bonds. The summed E-state index contributed by atoms with van der Waals surface area (Å²) >= 11 is 0. The lowest BCUT2D eigenvalue weighted by Gasteiger charge is -2.47. The Morgan fingerprint density at radius 3 is 2.54 bits per heavy atom. The summed E-state index contributed by atoms with van der Waals surface area (Å²) in [5.41, 5.74) is -0.452. The van der Waals surface area contributed by atoms with Gasteiger partial charge in [-0.1, -0.05) is 12.1 Å². The van der Waals surface area contributed by atoms with Crippen LogP contribution >= 0.6 is 0 Å². The minimum absolute atomic E-state index is 0.0803. The monoisotopic (exact) mass is 399 g/mol. The van der Waals surface area contributed by atoms with Gasteiger partial charge in [-0.05, 0) is 25.6 Å². The Morgan fingerprint density at radius 1 is 1.18 bits per heavy atom. The first-order chi connectivity index (χ1) is 13.2. The smallest absolute Gasteiger partial charge is 0.405 e. The summed E-state index contributed by atoms with van der Waals surface area (Å²) in [7, 11) is 2.11. The minimum atomic E-state index is -4.84. The molecule has 3 heterocycles. The van der Waals surface area contributed by atoms with Gasteiger partial charge in [0.1, 0.15) is 11.4 Å². The van der Waals surface area contributed by atoms with Gasteiger partial charge in [-0.15, -0.1) is 13.2 Å². The number of piperazine rings is 1. The zero-order valence-corrected chi connectivity index (χ0v) is 15.7. The zero-order valence-electron chi connectivity index (χ0n) is 15.7. The molecule has 0 bridgehead atoms. The molecule has 0 aliphatic carbocycles. The van der Waals surface area contributed by atoms with E-state index in [0.717, 1.165) is 38.7 Å². The Morgan fingerprint density at radius 2 is 1.86 bits per heavy atom. The number of rotatable bonds is 3. The lowest BCUT2D eigenvalue weighted by Crippen LogP contribution is -2.63. The first kappa shape index (κ1) is 19.5. The van der Waals surface area contributed by atoms with Gasteiger partial charge in [-0.2, -0.15) is 0 Å². The number of benzene rings is 1. The van der Waals surface area contributed by atoms with Crippen LogP contribution in [0.2, 0.25) is 0 Å². The number of alkyl halides is 3. The van der Waals surface area contributed by atoms with Gasteiger partial charge in [-0.3, -0.25) is 9.69 Å². The Balaban J connectivity index is 1.36. The Labute approximate surface area is 161 Å². The fraction of sp³-hybridized carbons (Fsp3) is 0.632. The van der Waals surface area contributed by atoms with E-state index in [4.69, 9.17) is 4.74 Å². The lowest BCUT2D eigenvalue weighted by atomic mass is 9.88. The summed E-state index contributed by atoms with van der Waals surface area (Å²) in [5, 5.41) is 0. The van der Waals surface area contributed by atoms with Gasteiger partial charge in [-0.25, -0.2) is 0 Å². The van der Waals surface area contributed by atoms with Crippen LogP contribution in [0.5, 0.6) is 5.75 Å². The molecule has 3 aliphatic rings. The van der Waals surface area contributed by atoms with E-state index in [1.807, 2.05) is 0 Å². The van der Waals surface area contributed by atoms with Gasteiger partial charge in [0.2, 0.25) is 0 Å². The molecule has 6 nitrogen and oxygen atoms in total. The molecule has 0 saturated carbocycles. The van der Waals surface area contributed by atoms with Gasteiger partial charge >= 0.3 is 6.36 Å². The number of likely N-dealkylation sites (tertiary alicyclic amines) is 1. The Bertz CT molecular complexity index is 729. The van der Waals surface area contributed by atoms with Crippen molar-refractivity contribution in [2.24, 2.45) is 0 Å². The molecule has 1 aromatic rings. The Hall–Kier alpha value is -1.84. The number of carbonyl (C=O) groups excluding carboxylic acids is 1. The molecular weight excluding hydrogens is 375 g/mol. The van der Waals surface area contributed by atoms with Crippen LogP contribution in [-0.2, 0) is 4.74 Å². The van der Waals surface area contributed by atoms with E-state index in [2.05, 4.69) is 21.6 Å². The number of para-hydroxylation sites is 1.